The lowest BCUT2D eigenvalue weighted by atomic mass is 9.75. The Morgan fingerprint density at radius 3 is 2.42 bits per heavy atom. The minimum Gasteiger partial charge on any atom is -0.373 e. The number of amides is 1. The van der Waals surface area contributed by atoms with E-state index in [0.29, 0.717) is 6.42 Å². The van der Waals surface area contributed by atoms with Crippen LogP contribution in [0.1, 0.15) is 53.0 Å². The lowest BCUT2D eigenvalue weighted by Gasteiger charge is -2.37. The summed E-state index contributed by atoms with van der Waals surface area (Å²) in [5.41, 5.74) is 4.66. The molecule has 4 heteroatoms. The molecule has 4 nitrogen and oxygen atoms in total. The van der Waals surface area contributed by atoms with Crippen molar-refractivity contribution in [3.05, 3.63) is 53.1 Å². The first-order chi connectivity index (χ1) is 12.3. The minimum atomic E-state index is -0.745. The maximum Gasteiger partial charge on any atom is 0.223 e. The third-order valence-corrected chi connectivity index (χ3v) is 5.61. The van der Waals surface area contributed by atoms with Gasteiger partial charge in [0.1, 0.15) is 12.4 Å². The number of carbonyl (C=O) groups excluding carboxylic acids is 1. The zero-order valence-electron chi connectivity index (χ0n) is 16.5. The van der Waals surface area contributed by atoms with Crippen molar-refractivity contribution < 1.29 is 9.90 Å². The number of likely N-dealkylation sites (tertiary alicyclic amines) is 1. The summed E-state index contributed by atoms with van der Waals surface area (Å²) >= 11 is 0. The van der Waals surface area contributed by atoms with E-state index in [1.807, 2.05) is 0 Å². The Morgan fingerprint density at radius 2 is 1.81 bits per heavy atom. The second-order valence-corrected chi connectivity index (χ2v) is 8.08. The lowest BCUT2D eigenvalue weighted by Crippen LogP contribution is -2.53. The summed E-state index contributed by atoms with van der Waals surface area (Å²) in [6, 6.07) is 8.42. The number of aliphatic hydroxyl groups excluding tert-OH is 1. The van der Waals surface area contributed by atoms with Crippen LogP contribution in [0.25, 0.3) is 0 Å². The van der Waals surface area contributed by atoms with Crippen LogP contribution in [-0.4, -0.2) is 34.9 Å². The Kier molecular flexibility index (Phi) is 4.98. The van der Waals surface area contributed by atoms with E-state index in [-0.39, 0.29) is 17.5 Å². The van der Waals surface area contributed by atoms with Gasteiger partial charge in [0, 0.05) is 31.0 Å². The molecule has 0 aliphatic carbocycles. The Bertz CT molecular complexity index is 759. The van der Waals surface area contributed by atoms with Gasteiger partial charge in [-0.2, -0.15) is 0 Å². The highest BCUT2D eigenvalue weighted by Crippen LogP contribution is 2.55. The maximum absolute atomic E-state index is 12.4. The molecule has 0 saturated carbocycles. The van der Waals surface area contributed by atoms with E-state index in [2.05, 4.69) is 69.0 Å². The molecule has 2 aliphatic heterocycles. The molecule has 2 aliphatic rings. The number of fused-ring (bicyclic) bond motifs is 3. The number of para-hydroxylation sites is 1. The summed E-state index contributed by atoms with van der Waals surface area (Å²) in [6.45, 7) is 10.7. The first-order valence-corrected chi connectivity index (χ1v) is 9.38. The van der Waals surface area contributed by atoms with Crippen molar-refractivity contribution in [1.29, 1.82) is 0 Å². The highest BCUT2D eigenvalue weighted by atomic mass is 16.3. The number of nitrogens with zero attached hydrogens (tertiary/aromatic N) is 2. The minimum absolute atomic E-state index is 0.0726. The van der Waals surface area contributed by atoms with Gasteiger partial charge in [-0.15, -0.1) is 0 Å². The molecule has 140 valence electrons. The van der Waals surface area contributed by atoms with Crippen molar-refractivity contribution in [3.63, 3.8) is 0 Å². The van der Waals surface area contributed by atoms with Crippen LogP contribution in [0, 0.1) is 0 Å². The van der Waals surface area contributed by atoms with Gasteiger partial charge in [0.15, 0.2) is 0 Å². The topological polar surface area (TPSA) is 43.8 Å². The molecule has 1 aromatic carbocycles. The Balaban J connectivity index is 2.17. The van der Waals surface area contributed by atoms with E-state index in [1.54, 1.807) is 11.8 Å². The Morgan fingerprint density at radius 1 is 1.15 bits per heavy atom. The molecular formula is C22H30N2O2. The zero-order chi connectivity index (χ0) is 19.1. The summed E-state index contributed by atoms with van der Waals surface area (Å²) in [6.07, 6.45) is 4.93. The second-order valence-electron chi connectivity index (χ2n) is 8.08. The first kappa shape index (κ1) is 18.7. The summed E-state index contributed by atoms with van der Waals surface area (Å²) in [5, 5.41) is 10.8. The quantitative estimate of drug-likeness (QED) is 0.832. The largest absolute Gasteiger partial charge is 0.373 e. The molecule has 0 unspecified atom stereocenters. The average Bonchev–Trinajstić information content (AvgIpc) is 2.99. The van der Waals surface area contributed by atoms with E-state index in [9.17, 15) is 9.90 Å². The van der Waals surface area contributed by atoms with Gasteiger partial charge in [-0.3, -0.25) is 9.69 Å². The smallest absolute Gasteiger partial charge is 0.223 e. The molecule has 3 rings (SSSR count). The summed E-state index contributed by atoms with van der Waals surface area (Å²) in [4.78, 5) is 16.4. The molecule has 1 fully saturated rings. The fourth-order valence-corrected chi connectivity index (χ4v) is 4.48. The SMILES string of the molecule is CC(=O)N1[C@@H](O)C[C@@]2(CC=C(C)C)c3ccccc3N(CC=C(C)C)[C@@H]12. The van der Waals surface area contributed by atoms with Gasteiger partial charge in [0.2, 0.25) is 5.91 Å². The van der Waals surface area contributed by atoms with E-state index in [0.717, 1.165) is 13.0 Å². The van der Waals surface area contributed by atoms with E-state index >= 15 is 0 Å². The van der Waals surface area contributed by atoms with Gasteiger partial charge < -0.3 is 10.0 Å². The lowest BCUT2D eigenvalue weighted by molar-refractivity contribution is -0.138. The fraction of sp³-hybridized carbons (Fsp3) is 0.500. The van der Waals surface area contributed by atoms with Gasteiger partial charge in [-0.05, 0) is 45.7 Å². The first-order valence-electron chi connectivity index (χ1n) is 9.38. The number of anilines is 1. The third kappa shape index (κ3) is 2.96. The normalized spacial score (nSPS) is 26.4. The summed E-state index contributed by atoms with van der Waals surface area (Å²) < 4.78 is 0. The van der Waals surface area contributed by atoms with Gasteiger partial charge >= 0.3 is 0 Å². The summed E-state index contributed by atoms with van der Waals surface area (Å²) in [5.74, 6) is -0.0726. The standard InChI is InChI=1S/C22H30N2O2/c1-15(2)10-12-22-14-20(26)24(17(5)25)21(22)23(13-11-16(3)4)19-9-7-6-8-18(19)22/h6-11,20-21,26H,12-14H2,1-5H3/t20-,21-,22-/m0/s1. The maximum atomic E-state index is 12.4. The van der Waals surface area contributed by atoms with E-state index in [1.165, 1.54) is 22.4 Å². The van der Waals surface area contributed by atoms with Crippen molar-refractivity contribution >= 4 is 11.6 Å². The Labute approximate surface area is 156 Å². The van der Waals surface area contributed by atoms with Gasteiger partial charge in [-0.25, -0.2) is 0 Å². The van der Waals surface area contributed by atoms with Crippen LogP contribution >= 0.6 is 0 Å². The molecule has 1 saturated heterocycles. The van der Waals surface area contributed by atoms with Crippen molar-refractivity contribution in [2.24, 2.45) is 0 Å². The number of aliphatic hydroxyl groups is 1. The average molecular weight is 354 g/mol. The summed E-state index contributed by atoms with van der Waals surface area (Å²) in [7, 11) is 0. The molecule has 1 aromatic rings. The predicted molar refractivity (Wildman–Crippen MR) is 106 cm³/mol. The molecule has 0 spiro atoms. The highest BCUT2D eigenvalue weighted by molar-refractivity contribution is 5.78. The number of rotatable bonds is 4. The molecule has 1 N–H and O–H groups in total. The molecule has 3 atom stereocenters. The predicted octanol–water partition coefficient (Wildman–Crippen LogP) is 3.96. The fourth-order valence-electron chi connectivity index (χ4n) is 4.48. The van der Waals surface area contributed by atoms with Crippen LogP contribution in [-0.2, 0) is 10.2 Å². The number of carbonyl (C=O) groups is 1. The number of hydrogen-bond acceptors (Lipinski definition) is 3. The van der Waals surface area contributed by atoms with Crippen LogP contribution in [0.2, 0.25) is 0 Å². The second kappa shape index (κ2) is 6.92. The monoisotopic (exact) mass is 354 g/mol. The van der Waals surface area contributed by atoms with Crippen LogP contribution in [0.5, 0.6) is 0 Å². The van der Waals surface area contributed by atoms with Crippen LogP contribution in [0.3, 0.4) is 0 Å². The molecule has 0 radical (unpaired) electrons. The third-order valence-electron chi connectivity index (χ3n) is 5.61. The van der Waals surface area contributed by atoms with Gasteiger partial charge in [0.25, 0.3) is 0 Å². The van der Waals surface area contributed by atoms with E-state index < -0.39 is 6.23 Å². The zero-order valence-corrected chi connectivity index (χ0v) is 16.5. The molecular weight excluding hydrogens is 324 g/mol. The van der Waals surface area contributed by atoms with Crippen molar-refractivity contribution in [2.45, 2.75) is 65.3 Å². The van der Waals surface area contributed by atoms with Crippen LogP contribution in [0.15, 0.2) is 47.6 Å². The molecule has 0 bridgehead atoms. The van der Waals surface area contributed by atoms with Crippen molar-refractivity contribution in [2.75, 3.05) is 11.4 Å². The Hall–Kier alpha value is -2.07. The van der Waals surface area contributed by atoms with Gasteiger partial charge in [0.05, 0.1) is 0 Å². The molecule has 2 heterocycles. The van der Waals surface area contributed by atoms with Crippen molar-refractivity contribution in [3.8, 4) is 0 Å². The molecule has 26 heavy (non-hydrogen) atoms. The number of benzene rings is 1. The molecule has 0 aromatic heterocycles. The number of allylic oxidation sites excluding steroid dienone is 3. The number of hydrogen-bond donors (Lipinski definition) is 1. The van der Waals surface area contributed by atoms with Gasteiger partial charge in [-0.1, -0.05) is 41.5 Å². The van der Waals surface area contributed by atoms with Crippen LogP contribution < -0.4 is 4.90 Å². The van der Waals surface area contributed by atoms with E-state index in [4.69, 9.17) is 0 Å². The van der Waals surface area contributed by atoms with Crippen LogP contribution in [0.4, 0.5) is 5.69 Å². The van der Waals surface area contributed by atoms with Crippen molar-refractivity contribution in [1.82, 2.24) is 4.90 Å². The highest BCUT2D eigenvalue weighted by Gasteiger charge is 2.60. The molecule has 1 amide bonds.